The van der Waals surface area contributed by atoms with E-state index in [1.54, 1.807) is 0 Å². The minimum absolute atomic E-state index is 0.100. The Hall–Kier alpha value is -0.260. The topological polar surface area (TPSA) is 127 Å². The molecule has 2 N–H and O–H groups in total. The number of rotatable bonds is 8. The molecule has 0 amide bonds. The van der Waals surface area contributed by atoms with Crippen molar-refractivity contribution in [1.82, 2.24) is 0 Å². The summed E-state index contributed by atoms with van der Waals surface area (Å²) < 4.78 is 57.0. The maximum atomic E-state index is 11.7. The van der Waals surface area contributed by atoms with Gasteiger partial charge in [-0.3, -0.25) is 0 Å². The van der Waals surface area contributed by atoms with Gasteiger partial charge < -0.3 is 19.7 Å². The summed E-state index contributed by atoms with van der Waals surface area (Å²) in [4.78, 5) is 0. The van der Waals surface area contributed by atoms with E-state index < -0.39 is 61.7 Å². The first-order valence-electron chi connectivity index (χ1n) is 5.65. The van der Waals surface area contributed by atoms with Gasteiger partial charge in [0.2, 0.25) is 0 Å². The Balaban J connectivity index is 2.87. The fourth-order valence-corrected chi connectivity index (χ4v) is 4.65. The van der Waals surface area contributed by atoms with Crippen molar-refractivity contribution < 1.29 is 36.5 Å². The average molecular weight is 318 g/mol. The summed E-state index contributed by atoms with van der Waals surface area (Å²) in [5.41, 5.74) is 0. The highest BCUT2D eigenvalue weighted by Gasteiger charge is 2.44. The molecule has 1 saturated heterocycles. The number of aliphatic hydroxyl groups excluding tert-OH is 2. The monoisotopic (exact) mass is 318 g/mol. The Kier molecular flexibility index (Phi) is 5.71. The molecule has 1 heterocycles. The second-order valence-corrected chi connectivity index (χ2v) is 8.61. The highest BCUT2D eigenvalue weighted by Crippen LogP contribution is 2.24. The molecule has 0 atom stereocenters. The zero-order chi connectivity index (χ0) is 14.6. The van der Waals surface area contributed by atoms with Gasteiger partial charge in [-0.2, -0.15) is 0 Å². The van der Waals surface area contributed by atoms with Crippen LogP contribution in [-0.2, 0) is 29.1 Å². The minimum Gasteiger partial charge on any atom is -0.395 e. The van der Waals surface area contributed by atoms with Gasteiger partial charge in [0.05, 0.1) is 37.9 Å². The van der Waals surface area contributed by atoms with Crippen LogP contribution in [0.4, 0.5) is 0 Å². The van der Waals surface area contributed by atoms with E-state index in [0.29, 0.717) is 0 Å². The van der Waals surface area contributed by atoms with Crippen LogP contribution < -0.4 is 0 Å². The lowest BCUT2D eigenvalue weighted by Gasteiger charge is -2.26. The first-order valence-corrected chi connectivity index (χ1v) is 9.29. The van der Waals surface area contributed by atoms with Crippen molar-refractivity contribution >= 4 is 19.7 Å². The molecule has 0 aromatic heterocycles. The summed E-state index contributed by atoms with van der Waals surface area (Å²) in [5.74, 6) is -3.97. The maximum absolute atomic E-state index is 11.7. The molecule has 0 aromatic rings. The number of hydrogen-bond acceptors (Lipinski definition) is 8. The Morgan fingerprint density at radius 1 is 0.842 bits per heavy atom. The summed E-state index contributed by atoms with van der Waals surface area (Å²) in [7, 11) is -7.38. The van der Waals surface area contributed by atoms with Gasteiger partial charge in [-0.05, 0) is 0 Å². The van der Waals surface area contributed by atoms with Crippen LogP contribution in [0.2, 0.25) is 0 Å². The number of ether oxygens (including phenoxy) is 2. The van der Waals surface area contributed by atoms with Crippen LogP contribution in [-0.4, -0.2) is 82.3 Å². The second kappa shape index (κ2) is 6.46. The molecule has 0 radical (unpaired) electrons. The van der Waals surface area contributed by atoms with Gasteiger partial charge in [0.25, 0.3) is 0 Å². The Morgan fingerprint density at radius 2 is 1.21 bits per heavy atom. The molecular weight excluding hydrogens is 300 g/mol. The SMILES string of the molecule is O=S(=O)(CCO)CC1(CS(=O)(=O)CCO)OCCO1. The lowest BCUT2D eigenvalue weighted by atomic mass is 10.4. The molecule has 8 nitrogen and oxygen atoms in total. The number of hydrogen-bond donors (Lipinski definition) is 2. The van der Waals surface area contributed by atoms with Crippen molar-refractivity contribution in [1.29, 1.82) is 0 Å². The first kappa shape index (κ1) is 16.8. The van der Waals surface area contributed by atoms with Crippen molar-refractivity contribution in [2.75, 3.05) is 49.4 Å². The van der Waals surface area contributed by atoms with Crippen LogP contribution in [0.5, 0.6) is 0 Å². The van der Waals surface area contributed by atoms with Gasteiger partial charge in [0, 0.05) is 0 Å². The standard InChI is InChI=1S/C9H18O8S2/c10-1-5-18(12,13)7-9(16-3-4-17-9)8-19(14,15)6-2-11/h10-11H,1-8H2. The molecule has 10 heteroatoms. The van der Waals surface area contributed by atoms with Crippen molar-refractivity contribution in [2.45, 2.75) is 5.79 Å². The van der Waals surface area contributed by atoms with Gasteiger partial charge in [-0.25, -0.2) is 16.8 Å². The van der Waals surface area contributed by atoms with Crippen LogP contribution in [0.1, 0.15) is 0 Å². The van der Waals surface area contributed by atoms with Crippen LogP contribution in [0.3, 0.4) is 0 Å². The van der Waals surface area contributed by atoms with Crippen molar-refractivity contribution in [2.24, 2.45) is 0 Å². The molecule has 0 unspecified atom stereocenters. The molecule has 1 aliphatic rings. The summed E-state index contributed by atoms with van der Waals surface area (Å²) in [5, 5.41) is 17.3. The molecule has 1 fully saturated rings. The van der Waals surface area contributed by atoms with Crippen LogP contribution in [0, 0.1) is 0 Å². The van der Waals surface area contributed by atoms with E-state index in [0.717, 1.165) is 0 Å². The zero-order valence-electron chi connectivity index (χ0n) is 10.3. The summed E-state index contributed by atoms with van der Waals surface area (Å²) in [6.45, 7) is -0.907. The summed E-state index contributed by atoms with van der Waals surface area (Å²) in [6.07, 6.45) is 0. The largest absolute Gasteiger partial charge is 0.395 e. The summed E-state index contributed by atoms with van der Waals surface area (Å²) in [6, 6.07) is 0. The highest BCUT2D eigenvalue weighted by molar-refractivity contribution is 7.92. The fraction of sp³-hybridized carbons (Fsp3) is 1.00. The summed E-state index contributed by atoms with van der Waals surface area (Å²) >= 11 is 0. The Bertz CT molecular complexity index is 434. The molecule has 0 aromatic carbocycles. The van der Waals surface area contributed by atoms with Crippen molar-refractivity contribution in [3.05, 3.63) is 0 Å². The lowest BCUT2D eigenvalue weighted by molar-refractivity contribution is -0.119. The molecule has 114 valence electrons. The van der Waals surface area contributed by atoms with E-state index in [1.165, 1.54) is 0 Å². The van der Waals surface area contributed by atoms with Gasteiger partial charge in [0.15, 0.2) is 25.5 Å². The molecule has 0 spiro atoms. The normalized spacial score (nSPS) is 19.7. The molecule has 0 aliphatic carbocycles. The molecule has 0 saturated carbocycles. The molecule has 19 heavy (non-hydrogen) atoms. The molecule has 0 bridgehead atoms. The number of aliphatic hydroxyl groups is 2. The van der Waals surface area contributed by atoms with E-state index in [9.17, 15) is 16.8 Å². The molecular formula is C9H18O8S2. The van der Waals surface area contributed by atoms with Crippen molar-refractivity contribution in [3.8, 4) is 0 Å². The second-order valence-electron chi connectivity index (χ2n) is 4.24. The quantitative estimate of drug-likeness (QED) is 0.504. The van der Waals surface area contributed by atoms with E-state index in [4.69, 9.17) is 19.7 Å². The van der Waals surface area contributed by atoms with Gasteiger partial charge in [-0.15, -0.1) is 0 Å². The average Bonchev–Trinajstić information content (AvgIpc) is 2.63. The third kappa shape index (κ3) is 5.32. The number of sulfone groups is 2. The fourth-order valence-electron chi connectivity index (χ4n) is 1.80. The van der Waals surface area contributed by atoms with E-state index in [2.05, 4.69) is 0 Å². The van der Waals surface area contributed by atoms with E-state index in [-0.39, 0.29) is 13.2 Å². The zero-order valence-corrected chi connectivity index (χ0v) is 12.0. The first-order chi connectivity index (χ1) is 8.74. The Labute approximate surface area is 112 Å². The van der Waals surface area contributed by atoms with Gasteiger partial charge in [-0.1, -0.05) is 0 Å². The maximum Gasteiger partial charge on any atom is 0.196 e. The Morgan fingerprint density at radius 3 is 1.53 bits per heavy atom. The predicted molar refractivity (Wildman–Crippen MR) is 66.1 cm³/mol. The van der Waals surface area contributed by atoms with E-state index >= 15 is 0 Å². The smallest absolute Gasteiger partial charge is 0.196 e. The molecule has 1 aliphatic heterocycles. The van der Waals surface area contributed by atoms with Crippen LogP contribution >= 0.6 is 0 Å². The van der Waals surface area contributed by atoms with Crippen LogP contribution in [0.15, 0.2) is 0 Å². The van der Waals surface area contributed by atoms with Gasteiger partial charge in [0.1, 0.15) is 11.5 Å². The van der Waals surface area contributed by atoms with Crippen molar-refractivity contribution in [3.63, 3.8) is 0 Å². The predicted octanol–water partition coefficient (Wildman–Crippen LogP) is -2.46. The lowest BCUT2D eigenvalue weighted by Crippen LogP contribution is -2.46. The third-order valence-corrected chi connectivity index (χ3v) is 5.87. The van der Waals surface area contributed by atoms with E-state index in [1.807, 2.05) is 0 Å². The highest BCUT2D eigenvalue weighted by atomic mass is 32.2. The third-order valence-electron chi connectivity index (χ3n) is 2.50. The molecule has 1 rings (SSSR count). The van der Waals surface area contributed by atoms with Gasteiger partial charge >= 0.3 is 0 Å². The van der Waals surface area contributed by atoms with Crippen LogP contribution in [0.25, 0.3) is 0 Å². The minimum atomic E-state index is -3.69.